The molecule has 1 amide bonds. The van der Waals surface area contributed by atoms with Gasteiger partial charge in [-0.2, -0.15) is 5.10 Å². The summed E-state index contributed by atoms with van der Waals surface area (Å²) in [5, 5.41) is 12.0. The zero-order valence-corrected chi connectivity index (χ0v) is 21.0. The van der Waals surface area contributed by atoms with E-state index in [0.717, 1.165) is 5.69 Å². The number of aromatic nitrogens is 2. The molecule has 9 nitrogen and oxygen atoms in total. The summed E-state index contributed by atoms with van der Waals surface area (Å²) in [6.45, 7) is 11.4. The van der Waals surface area contributed by atoms with Crippen molar-refractivity contribution >= 4 is 17.6 Å². The van der Waals surface area contributed by atoms with Crippen molar-refractivity contribution in [3.63, 3.8) is 0 Å². The number of ether oxygens (including phenoxy) is 1. The van der Waals surface area contributed by atoms with Crippen molar-refractivity contribution in [2.75, 3.05) is 19.4 Å². The molecule has 0 atom stereocenters. The van der Waals surface area contributed by atoms with Gasteiger partial charge in [-0.3, -0.25) is 9.48 Å². The summed E-state index contributed by atoms with van der Waals surface area (Å²) >= 11 is 0. The van der Waals surface area contributed by atoms with Crippen molar-refractivity contribution in [3.8, 4) is 0 Å². The van der Waals surface area contributed by atoms with Crippen LogP contribution in [0.25, 0.3) is 0 Å². The second-order valence-electron chi connectivity index (χ2n) is 9.99. The Hall–Kier alpha value is -3.33. The molecule has 3 N–H and O–H groups in total. The van der Waals surface area contributed by atoms with Gasteiger partial charge in [0.15, 0.2) is 11.5 Å². The van der Waals surface area contributed by atoms with Gasteiger partial charge in [-0.25, -0.2) is 9.80 Å². The molecule has 2 rings (SSSR count). The minimum Gasteiger partial charge on any atom is -0.455 e. The molecule has 0 bridgehead atoms. The zero-order valence-electron chi connectivity index (χ0n) is 21.0. The SMILES string of the molecule is CN(C)N/C(NC(=O)c1cc(C(C)(C)C)nn1C)=C(\Nc1ccccc1)C(=O)OC(C)(C)C. The molecule has 0 spiro atoms. The molecule has 0 aliphatic rings. The molecule has 0 fully saturated rings. The first-order valence-electron chi connectivity index (χ1n) is 10.8. The molecule has 0 radical (unpaired) electrons. The number of nitrogens with one attached hydrogen (secondary N) is 3. The maximum atomic E-state index is 13.2. The Morgan fingerprint density at radius 3 is 2.12 bits per heavy atom. The molecule has 0 aliphatic carbocycles. The molecule has 1 aromatic heterocycles. The van der Waals surface area contributed by atoms with E-state index < -0.39 is 17.5 Å². The summed E-state index contributed by atoms with van der Waals surface area (Å²) in [5.41, 5.74) is 3.96. The Labute approximate surface area is 196 Å². The van der Waals surface area contributed by atoms with Crippen LogP contribution in [0.4, 0.5) is 5.69 Å². The second kappa shape index (κ2) is 10.1. The lowest BCUT2D eigenvalue weighted by Crippen LogP contribution is -2.43. The number of para-hydroxylation sites is 1. The predicted octanol–water partition coefficient (Wildman–Crippen LogP) is 3.14. The van der Waals surface area contributed by atoms with E-state index in [9.17, 15) is 9.59 Å². The normalized spacial score (nSPS) is 12.8. The molecule has 0 unspecified atom stereocenters. The smallest absolute Gasteiger partial charge is 0.359 e. The number of carbonyl (C=O) groups is 2. The summed E-state index contributed by atoms with van der Waals surface area (Å²) < 4.78 is 7.14. The van der Waals surface area contributed by atoms with Gasteiger partial charge in [-0.15, -0.1) is 0 Å². The number of nitrogens with zero attached hydrogens (tertiary/aromatic N) is 3. The highest BCUT2D eigenvalue weighted by molar-refractivity contribution is 5.97. The summed E-state index contributed by atoms with van der Waals surface area (Å²) in [6.07, 6.45) is 0. The number of amides is 1. The van der Waals surface area contributed by atoms with Crippen LogP contribution in [0.2, 0.25) is 0 Å². The predicted molar refractivity (Wildman–Crippen MR) is 129 cm³/mol. The number of hydrogen-bond acceptors (Lipinski definition) is 7. The van der Waals surface area contributed by atoms with Crippen LogP contribution in [-0.2, 0) is 22.0 Å². The van der Waals surface area contributed by atoms with Crippen molar-refractivity contribution in [1.29, 1.82) is 0 Å². The number of aryl methyl sites for hydroxylation is 1. The van der Waals surface area contributed by atoms with Crippen LogP contribution in [-0.4, -0.2) is 46.4 Å². The molecule has 1 heterocycles. The van der Waals surface area contributed by atoms with E-state index in [1.807, 2.05) is 51.1 Å². The fraction of sp³-hybridized carbons (Fsp3) is 0.458. The molecule has 180 valence electrons. The lowest BCUT2D eigenvalue weighted by Gasteiger charge is -2.25. The average Bonchev–Trinajstić information content (AvgIpc) is 3.07. The Balaban J connectivity index is 2.51. The number of hydrogen-bond donors (Lipinski definition) is 3. The first kappa shape index (κ1) is 25.9. The molecule has 1 aromatic carbocycles. The quantitative estimate of drug-likeness (QED) is 0.334. The largest absolute Gasteiger partial charge is 0.455 e. The van der Waals surface area contributed by atoms with Crippen LogP contribution in [0.15, 0.2) is 47.9 Å². The lowest BCUT2D eigenvalue weighted by molar-refractivity contribution is -0.149. The van der Waals surface area contributed by atoms with E-state index in [4.69, 9.17) is 4.74 Å². The first-order chi connectivity index (χ1) is 15.2. The van der Waals surface area contributed by atoms with E-state index in [1.165, 1.54) is 4.68 Å². The fourth-order valence-electron chi connectivity index (χ4n) is 2.80. The lowest BCUT2D eigenvalue weighted by atomic mass is 9.92. The third-order valence-corrected chi connectivity index (χ3v) is 4.35. The van der Waals surface area contributed by atoms with Gasteiger partial charge in [0.05, 0.1) is 5.69 Å². The number of benzene rings is 1. The van der Waals surface area contributed by atoms with Crippen LogP contribution in [0.5, 0.6) is 0 Å². The van der Waals surface area contributed by atoms with E-state index in [-0.39, 0.29) is 16.9 Å². The molecular weight excluding hydrogens is 420 g/mol. The summed E-state index contributed by atoms with van der Waals surface area (Å²) in [4.78, 5) is 26.4. The van der Waals surface area contributed by atoms with Crippen LogP contribution in [0.1, 0.15) is 57.7 Å². The van der Waals surface area contributed by atoms with E-state index >= 15 is 0 Å². The Morgan fingerprint density at radius 2 is 1.64 bits per heavy atom. The fourth-order valence-corrected chi connectivity index (χ4v) is 2.80. The summed E-state index contributed by atoms with van der Waals surface area (Å²) in [7, 11) is 5.22. The van der Waals surface area contributed by atoms with Gasteiger partial charge in [0.1, 0.15) is 11.3 Å². The average molecular weight is 457 g/mol. The van der Waals surface area contributed by atoms with Crippen molar-refractivity contribution in [2.24, 2.45) is 7.05 Å². The number of hydrazine groups is 1. The number of esters is 1. The zero-order chi connectivity index (χ0) is 25.0. The molecule has 0 aliphatic heterocycles. The third-order valence-electron chi connectivity index (χ3n) is 4.35. The van der Waals surface area contributed by atoms with Crippen LogP contribution >= 0.6 is 0 Å². The molecule has 2 aromatic rings. The van der Waals surface area contributed by atoms with E-state index in [2.05, 4.69) is 21.2 Å². The van der Waals surface area contributed by atoms with Gasteiger partial charge in [-0.05, 0) is 39.0 Å². The maximum absolute atomic E-state index is 13.2. The minimum atomic E-state index is -0.725. The molecule has 0 saturated heterocycles. The third kappa shape index (κ3) is 7.64. The molecular formula is C24H36N6O3. The highest BCUT2D eigenvalue weighted by Crippen LogP contribution is 2.22. The van der Waals surface area contributed by atoms with Crippen molar-refractivity contribution in [3.05, 3.63) is 59.3 Å². The van der Waals surface area contributed by atoms with Gasteiger partial charge in [-0.1, -0.05) is 39.0 Å². The number of carbonyl (C=O) groups excluding carboxylic acids is 2. The molecule has 33 heavy (non-hydrogen) atoms. The monoisotopic (exact) mass is 456 g/mol. The Kier molecular flexibility index (Phi) is 7.92. The Morgan fingerprint density at radius 1 is 1.03 bits per heavy atom. The summed E-state index contributed by atoms with van der Waals surface area (Å²) in [6, 6.07) is 10.9. The van der Waals surface area contributed by atoms with Gasteiger partial charge in [0.25, 0.3) is 5.91 Å². The van der Waals surface area contributed by atoms with Crippen LogP contribution in [0.3, 0.4) is 0 Å². The maximum Gasteiger partial charge on any atom is 0.359 e. The van der Waals surface area contributed by atoms with Gasteiger partial charge in [0.2, 0.25) is 0 Å². The van der Waals surface area contributed by atoms with Gasteiger partial charge < -0.3 is 20.8 Å². The van der Waals surface area contributed by atoms with Crippen LogP contribution < -0.4 is 16.1 Å². The number of anilines is 1. The minimum absolute atomic E-state index is 0.0661. The second-order valence-corrected chi connectivity index (χ2v) is 9.99. The van der Waals surface area contributed by atoms with Crippen molar-refractivity contribution in [1.82, 2.24) is 25.5 Å². The van der Waals surface area contributed by atoms with Gasteiger partial charge >= 0.3 is 5.97 Å². The first-order valence-corrected chi connectivity index (χ1v) is 10.8. The van der Waals surface area contributed by atoms with E-state index in [1.54, 1.807) is 53.0 Å². The number of rotatable bonds is 7. The van der Waals surface area contributed by atoms with E-state index in [0.29, 0.717) is 11.4 Å². The highest BCUT2D eigenvalue weighted by Gasteiger charge is 2.27. The van der Waals surface area contributed by atoms with Gasteiger partial charge in [0, 0.05) is 32.2 Å². The van der Waals surface area contributed by atoms with Crippen molar-refractivity contribution in [2.45, 2.75) is 52.6 Å². The highest BCUT2D eigenvalue weighted by atomic mass is 16.6. The topological polar surface area (TPSA) is 101 Å². The van der Waals surface area contributed by atoms with Crippen LogP contribution in [0, 0.1) is 0 Å². The molecule has 0 saturated carbocycles. The van der Waals surface area contributed by atoms with Crippen molar-refractivity contribution < 1.29 is 14.3 Å². The molecule has 9 heteroatoms. The summed E-state index contributed by atoms with van der Waals surface area (Å²) in [5.74, 6) is -0.876. The standard InChI is InChI=1S/C24H36N6O3/c1-23(2,3)18-15-17(30(9)27-18)21(31)26-20(28-29(7)8)19(22(32)33-24(4,5)6)25-16-13-11-10-12-14-16/h10-15,25,28H,1-9H3,(H,26,31)/b20-19-. The Bertz CT molecular complexity index is 1010.